The van der Waals surface area contributed by atoms with Crippen LogP contribution in [0.5, 0.6) is 0 Å². The van der Waals surface area contributed by atoms with Crippen LogP contribution in [0.4, 0.5) is 15.8 Å². The Hall–Kier alpha value is -1.62. The van der Waals surface area contributed by atoms with Crippen LogP contribution in [0, 0.1) is 5.82 Å². The smallest absolute Gasteiger partial charge is 0.224 e. The Bertz CT molecular complexity index is 445. The Morgan fingerprint density at radius 3 is 3.00 bits per heavy atom. The SMILES string of the molecule is Nc1ccc(NC(=O)CCC2CCCCO2)cc1F. The molecular formula is C14H19FN2O2. The van der Waals surface area contributed by atoms with Crippen LogP contribution in [0.15, 0.2) is 18.2 Å². The topological polar surface area (TPSA) is 64.3 Å². The van der Waals surface area contributed by atoms with Crippen molar-refractivity contribution in [2.45, 2.75) is 38.2 Å². The second-order valence-corrected chi connectivity index (χ2v) is 4.81. The Balaban J connectivity index is 1.78. The van der Waals surface area contributed by atoms with Gasteiger partial charge in [-0.05, 0) is 43.9 Å². The lowest BCUT2D eigenvalue weighted by atomic mass is 10.0. The second-order valence-electron chi connectivity index (χ2n) is 4.81. The van der Waals surface area contributed by atoms with E-state index in [0.29, 0.717) is 18.5 Å². The van der Waals surface area contributed by atoms with E-state index in [-0.39, 0.29) is 17.7 Å². The Labute approximate surface area is 112 Å². The van der Waals surface area contributed by atoms with Crippen molar-refractivity contribution in [3.05, 3.63) is 24.0 Å². The zero-order valence-corrected chi connectivity index (χ0v) is 10.8. The average molecular weight is 266 g/mol. The Morgan fingerprint density at radius 2 is 2.32 bits per heavy atom. The van der Waals surface area contributed by atoms with Crippen LogP contribution in [0.3, 0.4) is 0 Å². The Morgan fingerprint density at radius 1 is 1.47 bits per heavy atom. The lowest BCUT2D eigenvalue weighted by Crippen LogP contribution is -2.21. The van der Waals surface area contributed by atoms with Crippen molar-refractivity contribution in [2.75, 3.05) is 17.7 Å². The second kappa shape index (κ2) is 6.52. The number of amides is 1. The highest BCUT2D eigenvalue weighted by Crippen LogP contribution is 2.19. The van der Waals surface area contributed by atoms with Gasteiger partial charge in [0, 0.05) is 18.7 Å². The van der Waals surface area contributed by atoms with E-state index < -0.39 is 5.82 Å². The minimum atomic E-state index is -0.520. The summed E-state index contributed by atoms with van der Waals surface area (Å²) in [6.07, 6.45) is 4.56. The molecular weight excluding hydrogens is 247 g/mol. The fraction of sp³-hybridized carbons (Fsp3) is 0.500. The maximum absolute atomic E-state index is 13.2. The molecule has 1 heterocycles. The minimum Gasteiger partial charge on any atom is -0.396 e. The normalized spacial score (nSPS) is 19.1. The van der Waals surface area contributed by atoms with Gasteiger partial charge in [-0.15, -0.1) is 0 Å². The standard InChI is InChI=1S/C14H19FN2O2/c15-12-9-10(4-6-13(12)16)17-14(18)7-5-11-3-1-2-8-19-11/h4,6,9,11H,1-3,5,7-8,16H2,(H,17,18). The van der Waals surface area contributed by atoms with Gasteiger partial charge in [-0.2, -0.15) is 0 Å². The summed E-state index contributed by atoms with van der Waals surface area (Å²) >= 11 is 0. The molecule has 0 spiro atoms. The molecule has 1 unspecified atom stereocenters. The van der Waals surface area contributed by atoms with Crippen molar-refractivity contribution < 1.29 is 13.9 Å². The summed E-state index contributed by atoms with van der Waals surface area (Å²) in [5, 5.41) is 2.66. The highest BCUT2D eigenvalue weighted by molar-refractivity contribution is 5.90. The number of anilines is 2. The zero-order valence-electron chi connectivity index (χ0n) is 10.8. The maximum Gasteiger partial charge on any atom is 0.224 e. The number of hydrogen-bond acceptors (Lipinski definition) is 3. The maximum atomic E-state index is 13.2. The molecule has 104 valence electrons. The molecule has 0 radical (unpaired) electrons. The van der Waals surface area contributed by atoms with E-state index in [9.17, 15) is 9.18 Å². The van der Waals surface area contributed by atoms with E-state index in [1.165, 1.54) is 12.1 Å². The number of carbonyl (C=O) groups is 1. The monoisotopic (exact) mass is 266 g/mol. The van der Waals surface area contributed by atoms with Crippen LogP contribution in [0.2, 0.25) is 0 Å². The number of nitrogen functional groups attached to an aromatic ring is 1. The zero-order chi connectivity index (χ0) is 13.7. The molecule has 1 aliphatic heterocycles. The lowest BCUT2D eigenvalue weighted by molar-refractivity contribution is -0.117. The molecule has 1 aliphatic rings. The van der Waals surface area contributed by atoms with E-state index in [0.717, 1.165) is 25.9 Å². The number of carbonyl (C=O) groups excluding carboxylic acids is 1. The van der Waals surface area contributed by atoms with Crippen LogP contribution in [-0.2, 0) is 9.53 Å². The number of hydrogen-bond donors (Lipinski definition) is 2. The van der Waals surface area contributed by atoms with Crippen molar-refractivity contribution in [1.82, 2.24) is 0 Å². The van der Waals surface area contributed by atoms with Gasteiger partial charge in [0.25, 0.3) is 0 Å². The number of benzene rings is 1. The van der Waals surface area contributed by atoms with Crippen molar-refractivity contribution in [3.63, 3.8) is 0 Å². The molecule has 0 saturated carbocycles. The molecule has 5 heteroatoms. The number of rotatable bonds is 4. The summed E-state index contributed by atoms with van der Waals surface area (Å²) in [5.74, 6) is -0.647. The third-order valence-corrected chi connectivity index (χ3v) is 3.25. The van der Waals surface area contributed by atoms with Gasteiger partial charge in [-0.1, -0.05) is 0 Å². The first-order chi connectivity index (χ1) is 9.15. The summed E-state index contributed by atoms with van der Waals surface area (Å²) in [7, 11) is 0. The number of ether oxygens (including phenoxy) is 1. The van der Waals surface area contributed by atoms with Gasteiger partial charge in [0.1, 0.15) is 5.82 Å². The molecule has 3 N–H and O–H groups in total. The summed E-state index contributed by atoms with van der Waals surface area (Å²) < 4.78 is 18.8. The molecule has 4 nitrogen and oxygen atoms in total. The first kappa shape index (κ1) is 13.8. The third-order valence-electron chi connectivity index (χ3n) is 3.25. The number of halogens is 1. The van der Waals surface area contributed by atoms with Gasteiger partial charge in [0.05, 0.1) is 11.8 Å². The minimum absolute atomic E-state index is 0.0774. The molecule has 1 atom stereocenters. The summed E-state index contributed by atoms with van der Waals surface area (Å²) in [6, 6.07) is 4.26. The molecule has 0 bridgehead atoms. The number of nitrogens with two attached hydrogens (primary N) is 1. The van der Waals surface area contributed by atoms with Gasteiger partial charge < -0.3 is 15.8 Å². The molecule has 1 fully saturated rings. The molecule has 2 rings (SSSR count). The van der Waals surface area contributed by atoms with Crippen LogP contribution in [0.25, 0.3) is 0 Å². The first-order valence-corrected chi connectivity index (χ1v) is 6.61. The van der Waals surface area contributed by atoms with Crippen LogP contribution in [0.1, 0.15) is 32.1 Å². The van der Waals surface area contributed by atoms with Crippen molar-refractivity contribution in [1.29, 1.82) is 0 Å². The van der Waals surface area contributed by atoms with Gasteiger partial charge in [0.15, 0.2) is 0 Å². The van der Waals surface area contributed by atoms with Gasteiger partial charge >= 0.3 is 0 Å². The third kappa shape index (κ3) is 4.21. The van der Waals surface area contributed by atoms with Crippen molar-refractivity contribution in [3.8, 4) is 0 Å². The summed E-state index contributed by atoms with van der Waals surface area (Å²) in [4.78, 5) is 11.7. The van der Waals surface area contributed by atoms with E-state index in [2.05, 4.69) is 5.32 Å². The average Bonchev–Trinajstić information content (AvgIpc) is 2.42. The van der Waals surface area contributed by atoms with E-state index in [1.54, 1.807) is 6.07 Å². The molecule has 1 saturated heterocycles. The van der Waals surface area contributed by atoms with Gasteiger partial charge in [0.2, 0.25) is 5.91 Å². The highest BCUT2D eigenvalue weighted by atomic mass is 19.1. The fourth-order valence-corrected chi connectivity index (χ4v) is 2.16. The van der Waals surface area contributed by atoms with Crippen LogP contribution >= 0.6 is 0 Å². The Kier molecular flexibility index (Phi) is 4.74. The quantitative estimate of drug-likeness (QED) is 0.823. The molecule has 1 amide bonds. The van der Waals surface area contributed by atoms with E-state index >= 15 is 0 Å². The van der Waals surface area contributed by atoms with Gasteiger partial charge in [-0.3, -0.25) is 4.79 Å². The molecule has 19 heavy (non-hydrogen) atoms. The van der Waals surface area contributed by atoms with Crippen LogP contribution < -0.4 is 11.1 Å². The van der Waals surface area contributed by atoms with Gasteiger partial charge in [-0.25, -0.2) is 4.39 Å². The lowest BCUT2D eigenvalue weighted by Gasteiger charge is -2.22. The predicted octanol–water partition coefficient (Wildman–Crippen LogP) is 2.70. The van der Waals surface area contributed by atoms with Crippen molar-refractivity contribution >= 4 is 17.3 Å². The predicted molar refractivity (Wildman–Crippen MR) is 72.3 cm³/mol. The van der Waals surface area contributed by atoms with Crippen molar-refractivity contribution in [2.24, 2.45) is 0 Å². The van der Waals surface area contributed by atoms with E-state index in [1.807, 2.05) is 0 Å². The first-order valence-electron chi connectivity index (χ1n) is 6.61. The molecule has 1 aromatic carbocycles. The molecule has 0 aliphatic carbocycles. The highest BCUT2D eigenvalue weighted by Gasteiger charge is 2.15. The largest absolute Gasteiger partial charge is 0.396 e. The molecule has 1 aromatic rings. The fourth-order valence-electron chi connectivity index (χ4n) is 2.16. The molecule has 0 aromatic heterocycles. The summed E-state index contributed by atoms with van der Waals surface area (Å²) in [5.41, 5.74) is 5.88. The van der Waals surface area contributed by atoms with Crippen LogP contribution in [-0.4, -0.2) is 18.6 Å². The summed E-state index contributed by atoms with van der Waals surface area (Å²) in [6.45, 7) is 0.787. The van der Waals surface area contributed by atoms with E-state index in [4.69, 9.17) is 10.5 Å². The number of nitrogens with one attached hydrogen (secondary N) is 1.